The molecule has 8 nitrogen and oxygen atoms in total. The number of fused-ring (bicyclic) bond motifs is 2. The van der Waals surface area contributed by atoms with Crippen molar-refractivity contribution in [2.24, 2.45) is 0 Å². The summed E-state index contributed by atoms with van der Waals surface area (Å²) in [5, 5.41) is 5.44. The minimum absolute atomic E-state index is 0.0734. The zero-order chi connectivity index (χ0) is 21.4. The molecule has 0 unspecified atom stereocenters. The number of benzene rings is 1. The van der Waals surface area contributed by atoms with E-state index >= 15 is 0 Å². The van der Waals surface area contributed by atoms with E-state index in [-0.39, 0.29) is 5.56 Å². The second-order valence-electron chi connectivity index (χ2n) is 8.02. The Kier molecular flexibility index (Phi) is 5.43. The maximum atomic E-state index is 13.5. The van der Waals surface area contributed by atoms with Crippen LogP contribution in [0.25, 0.3) is 27.9 Å². The summed E-state index contributed by atoms with van der Waals surface area (Å²) in [5.74, 6) is 0.453. The van der Waals surface area contributed by atoms with Crippen LogP contribution in [-0.4, -0.2) is 73.7 Å². The molecule has 4 heterocycles. The maximum absolute atomic E-state index is 13.5. The van der Waals surface area contributed by atoms with E-state index in [1.54, 1.807) is 9.08 Å². The van der Waals surface area contributed by atoms with E-state index < -0.39 is 0 Å². The first kappa shape index (κ1) is 20.1. The zero-order valence-corrected chi connectivity index (χ0v) is 18.2. The molecule has 0 saturated carbocycles. The third-order valence-electron chi connectivity index (χ3n) is 5.91. The highest BCUT2D eigenvalue weighted by molar-refractivity contribution is 6.30. The predicted octanol–water partition coefficient (Wildman–Crippen LogP) is 2.40. The first-order valence-corrected chi connectivity index (χ1v) is 10.9. The molecule has 1 aliphatic heterocycles. The number of aryl methyl sites for hydroxylation is 1. The first-order valence-electron chi connectivity index (χ1n) is 10.5. The van der Waals surface area contributed by atoms with Gasteiger partial charge in [-0.15, -0.1) is 0 Å². The molecule has 9 heteroatoms. The lowest BCUT2D eigenvalue weighted by atomic mass is 10.1. The molecule has 0 amide bonds. The fourth-order valence-corrected chi connectivity index (χ4v) is 4.37. The van der Waals surface area contributed by atoms with Crippen LogP contribution >= 0.6 is 11.6 Å². The average molecular weight is 438 g/mol. The van der Waals surface area contributed by atoms with Gasteiger partial charge in [-0.3, -0.25) is 4.79 Å². The molecule has 31 heavy (non-hydrogen) atoms. The number of aromatic nitrogens is 5. The van der Waals surface area contributed by atoms with Crippen LogP contribution in [0.4, 0.5) is 0 Å². The standard InChI is InChI=1S/C22H24ClN7O/c1-27-10-12-28(13-11-27)7-3-8-29-9-6-18-19(21(29)31)20(16-4-2-5-17(23)14-16)30-22(26-18)24-15-25-30/h2,4-6,9,14-15H,3,7-8,10-13H2,1H3. The molecule has 1 aliphatic rings. The summed E-state index contributed by atoms with van der Waals surface area (Å²) in [6.07, 6.45) is 4.20. The molecule has 0 bridgehead atoms. The van der Waals surface area contributed by atoms with Crippen LogP contribution in [0.5, 0.6) is 0 Å². The van der Waals surface area contributed by atoms with Crippen LogP contribution in [0.2, 0.25) is 5.02 Å². The number of hydrogen-bond donors (Lipinski definition) is 0. The third kappa shape index (κ3) is 3.94. The Morgan fingerprint density at radius 2 is 1.94 bits per heavy atom. The minimum atomic E-state index is -0.0734. The van der Waals surface area contributed by atoms with E-state index in [9.17, 15) is 4.79 Å². The van der Waals surface area contributed by atoms with Gasteiger partial charge in [0.2, 0.25) is 0 Å². The highest BCUT2D eigenvalue weighted by Gasteiger charge is 2.18. The highest BCUT2D eigenvalue weighted by Crippen LogP contribution is 2.27. The van der Waals surface area contributed by atoms with Crippen molar-refractivity contribution < 1.29 is 0 Å². The Balaban J connectivity index is 1.52. The zero-order valence-electron chi connectivity index (χ0n) is 17.4. The summed E-state index contributed by atoms with van der Waals surface area (Å²) in [6, 6.07) is 9.32. The van der Waals surface area contributed by atoms with Gasteiger partial charge in [0.15, 0.2) is 0 Å². The fourth-order valence-electron chi connectivity index (χ4n) is 4.18. The molecule has 0 aliphatic carbocycles. The van der Waals surface area contributed by atoms with Gasteiger partial charge in [-0.2, -0.15) is 14.6 Å². The highest BCUT2D eigenvalue weighted by atomic mass is 35.5. The van der Waals surface area contributed by atoms with Gasteiger partial charge in [0.25, 0.3) is 11.3 Å². The first-order chi connectivity index (χ1) is 15.1. The Labute approximate surface area is 184 Å². The van der Waals surface area contributed by atoms with Crippen LogP contribution in [0.15, 0.2) is 47.7 Å². The number of piperazine rings is 1. The average Bonchev–Trinajstić information content (AvgIpc) is 3.23. The van der Waals surface area contributed by atoms with Gasteiger partial charge < -0.3 is 14.4 Å². The molecule has 1 aromatic carbocycles. The normalized spacial score (nSPS) is 15.8. The maximum Gasteiger partial charge on any atom is 0.262 e. The Bertz CT molecular complexity index is 1290. The lowest BCUT2D eigenvalue weighted by Gasteiger charge is -2.32. The van der Waals surface area contributed by atoms with Crippen molar-refractivity contribution in [3.63, 3.8) is 0 Å². The number of rotatable bonds is 5. The molecule has 160 valence electrons. The Morgan fingerprint density at radius 3 is 2.74 bits per heavy atom. The van der Waals surface area contributed by atoms with Crippen LogP contribution < -0.4 is 5.56 Å². The lowest BCUT2D eigenvalue weighted by Crippen LogP contribution is -2.44. The van der Waals surface area contributed by atoms with Crippen molar-refractivity contribution in [2.45, 2.75) is 13.0 Å². The van der Waals surface area contributed by atoms with E-state index in [4.69, 9.17) is 11.6 Å². The number of hydrogen-bond acceptors (Lipinski definition) is 6. The van der Waals surface area contributed by atoms with E-state index in [0.29, 0.717) is 33.9 Å². The lowest BCUT2D eigenvalue weighted by molar-refractivity contribution is 0.151. The third-order valence-corrected chi connectivity index (χ3v) is 6.14. The molecule has 5 rings (SSSR count). The smallest absolute Gasteiger partial charge is 0.262 e. The summed E-state index contributed by atoms with van der Waals surface area (Å²) in [7, 11) is 2.16. The van der Waals surface area contributed by atoms with E-state index in [0.717, 1.165) is 44.7 Å². The van der Waals surface area contributed by atoms with Crippen molar-refractivity contribution in [1.82, 2.24) is 33.9 Å². The van der Waals surface area contributed by atoms with Gasteiger partial charge in [-0.25, -0.2) is 4.98 Å². The van der Waals surface area contributed by atoms with Crippen LogP contribution in [0.3, 0.4) is 0 Å². The Morgan fingerprint density at radius 1 is 1.10 bits per heavy atom. The van der Waals surface area contributed by atoms with Gasteiger partial charge in [0, 0.05) is 49.5 Å². The van der Waals surface area contributed by atoms with Crippen LogP contribution in [0.1, 0.15) is 6.42 Å². The van der Waals surface area contributed by atoms with Gasteiger partial charge in [0.1, 0.15) is 6.33 Å². The molecule has 0 radical (unpaired) electrons. The van der Waals surface area contributed by atoms with Crippen molar-refractivity contribution in [2.75, 3.05) is 39.8 Å². The molecule has 4 aromatic rings. The molecule has 0 atom stereocenters. The van der Waals surface area contributed by atoms with Crippen molar-refractivity contribution in [3.05, 3.63) is 58.2 Å². The summed E-state index contributed by atoms with van der Waals surface area (Å²) in [6.45, 7) is 5.99. The van der Waals surface area contributed by atoms with Crippen molar-refractivity contribution >= 4 is 28.3 Å². The molecule has 0 spiro atoms. The fraction of sp³-hybridized carbons (Fsp3) is 0.364. The molecule has 0 N–H and O–H groups in total. The van der Waals surface area contributed by atoms with Crippen LogP contribution in [-0.2, 0) is 6.54 Å². The largest absolute Gasteiger partial charge is 0.315 e. The molecule has 1 saturated heterocycles. The number of likely N-dealkylation sites (N-methyl/N-ethyl adjacent to an activating group) is 1. The summed E-state index contributed by atoms with van der Waals surface area (Å²) in [5.41, 5.74) is 2.01. The molecular weight excluding hydrogens is 414 g/mol. The van der Waals surface area contributed by atoms with Gasteiger partial charge in [-0.05, 0) is 38.2 Å². The minimum Gasteiger partial charge on any atom is -0.315 e. The second-order valence-corrected chi connectivity index (χ2v) is 8.45. The molecule has 3 aromatic heterocycles. The Hall–Kier alpha value is -2.81. The summed E-state index contributed by atoms with van der Waals surface area (Å²) >= 11 is 6.24. The van der Waals surface area contributed by atoms with E-state index in [1.807, 2.05) is 36.5 Å². The number of pyridine rings is 1. The van der Waals surface area contributed by atoms with Crippen LogP contribution in [0, 0.1) is 0 Å². The topological polar surface area (TPSA) is 71.6 Å². The quantitative estimate of drug-likeness (QED) is 0.477. The SMILES string of the molecule is CN1CCN(CCCn2ccc3nc4ncnn4c(-c4cccc(Cl)c4)c3c2=O)CC1. The van der Waals surface area contributed by atoms with Gasteiger partial charge in [-0.1, -0.05) is 23.7 Å². The van der Waals surface area contributed by atoms with Gasteiger partial charge in [0.05, 0.1) is 16.6 Å². The van der Waals surface area contributed by atoms with Crippen molar-refractivity contribution in [3.8, 4) is 11.3 Å². The summed E-state index contributed by atoms with van der Waals surface area (Å²) in [4.78, 5) is 27.1. The predicted molar refractivity (Wildman–Crippen MR) is 122 cm³/mol. The molecule has 1 fully saturated rings. The summed E-state index contributed by atoms with van der Waals surface area (Å²) < 4.78 is 3.39. The van der Waals surface area contributed by atoms with Crippen molar-refractivity contribution in [1.29, 1.82) is 0 Å². The second kappa shape index (κ2) is 8.37. The number of nitrogens with zero attached hydrogens (tertiary/aromatic N) is 7. The van der Waals surface area contributed by atoms with E-state index in [2.05, 4.69) is 31.9 Å². The molecular formula is C22H24ClN7O. The van der Waals surface area contributed by atoms with Gasteiger partial charge >= 0.3 is 0 Å². The monoisotopic (exact) mass is 437 g/mol. The van der Waals surface area contributed by atoms with E-state index in [1.165, 1.54) is 6.33 Å². The number of halogens is 1.